The fraction of sp³-hybridized carbons (Fsp3) is 0.500. The summed E-state index contributed by atoms with van der Waals surface area (Å²) in [4.78, 5) is 35.6. The Morgan fingerprint density at radius 3 is 2.67 bits per heavy atom. The van der Waals surface area contributed by atoms with Crippen LogP contribution in [-0.4, -0.2) is 33.8 Å². The highest BCUT2D eigenvalue weighted by molar-refractivity contribution is 7.80. The van der Waals surface area contributed by atoms with Crippen molar-refractivity contribution in [3.63, 3.8) is 0 Å². The Morgan fingerprint density at radius 1 is 1.67 bits per heavy atom. The molecule has 0 aromatic heterocycles. The fourth-order valence-electron chi connectivity index (χ4n) is 1.89. The summed E-state index contributed by atoms with van der Waals surface area (Å²) in [6.07, 6.45) is 1.58. The quantitative estimate of drug-likeness (QED) is 0.436. The maximum Gasteiger partial charge on any atom is 0.237 e. The zero-order valence-electron chi connectivity index (χ0n) is 8.52. The van der Waals surface area contributed by atoms with Crippen molar-refractivity contribution in [2.45, 2.75) is 25.3 Å². The summed E-state index contributed by atoms with van der Waals surface area (Å²) in [6, 6.07) is 0. The number of nitrogens with zero attached hydrogens (tertiary/aromatic N) is 1. The number of hydrogen-bond donors (Lipinski definition) is 1. The second kappa shape index (κ2) is 4.18. The maximum absolute atomic E-state index is 11.7. The summed E-state index contributed by atoms with van der Waals surface area (Å²) in [6.45, 7) is 4.81. The van der Waals surface area contributed by atoms with E-state index in [2.05, 4.69) is 19.2 Å². The number of carbonyl (C=O) groups is 3. The largest absolute Gasteiger partial charge is 0.296 e. The van der Waals surface area contributed by atoms with Gasteiger partial charge in [-0.3, -0.25) is 19.3 Å². The number of likely N-dealkylation sites (tertiary alicyclic amines) is 1. The van der Waals surface area contributed by atoms with Gasteiger partial charge in [-0.2, -0.15) is 12.6 Å². The first-order valence-corrected chi connectivity index (χ1v) is 5.21. The van der Waals surface area contributed by atoms with E-state index in [-0.39, 0.29) is 24.4 Å². The van der Waals surface area contributed by atoms with Crippen LogP contribution in [0.5, 0.6) is 0 Å². The number of amides is 2. The molecule has 1 heterocycles. The monoisotopic (exact) mass is 227 g/mol. The van der Waals surface area contributed by atoms with E-state index >= 15 is 0 Å². The van der Waals surface area contributed by atoms with Gasteiger partial charge in [0.25, 0.3) is 0 Å². The van der Waals surface area contributed by atoms with Crippen LogP contribution in [0.4, 0.5) is 0 Å². The number of rotatable bonds is 3. The Kier molecular flexibility index (Phi) is 3.34. The molecular weight excluding hydrogens is 214 g/mol. The zero-order valence-corrected chi connectivity index (χ0v) is 9.42. The van der Waals surface area contributed by atoms with Crippen LogP contribution in [0.15, 0.2) is 12.7 Å². The van der Waals surface area contributed by atoms with Crippen LogP contribution in [0.2, 0.25) is 0 Å². The molecule has 0 N–H and O–H groups in total. The summed E-state index contributed by atoms with van der Waals surface area (Å²) in [5.74, 6) is -0.967. The van der Waals surface area contributed by atoms with Gasteiger partial charge >= 0.3 is 0 Å². The highest BCUT2D eigenvalue weighted by Crippen LogP contribution is 2.32. The highest BCUT2D eigenvalue weighted by Gasteiger charge is 2.52. The number of imide groups is 1. The number of carbonyl (C=O) groups excluding carboxylic acids is 3. The summed E-state index contributed by atoms with van der Waals surface area (Å²) in [5, 5.41) is 0. The average Bonchev–Trinajstić information content (AvgIpc) is 2.39. The number of thiol groups is 1. The van der Waals surface area contributed by atoms with Gasteiger partial charge in [0.2, 0.25) is 11.8 Å². The Labute approximate surface area is 93.7 Å². The normalized spacial score (nSPS) is 25.9. The van der Waals surface area contributed by atoms with Crippen molar-refractivity contribution >= 4 is 30.2 Å². The molecular formula is C10H13NO3S. The molecule has 4 nitrogen and oxygen atoms in total. The van der Waals surface area contributed by atoms with Crippen LogP contribution >= 0.6 is 12.6 Å². The Hall–Kier alpha value is -1.10. The third-order valence-corrected chi connectivity index (χ3v) is 3.09. The summed E-state index contributed by atoms with van der Waals surface area (Å²) in [5.41, 5.74) is -1.10. The molecule has 0 radical (unpaired) electrons. The third-order valence-electron chi connectivity index (χ3n) is 2.57. The van der Waals surface area contributed by atoms with E-state index in [4.69, 9.17) is 0 Å². The third kappa shape index (κ3) is 1.71. The Morgan fingerprint density at radius 2 is 2.27 bits per heavy atom. The molecule has 1 saturated heterocycles. The first kappa shape index (κ1) is 12.0. The molecule has 15 heavy (non-hydrogen) atoms. The van der Waals surface area contributed by atoms with Crippen molar-refractivity contribution in [2.75, 3.05) is 5.75 Å². The summed E-state index contributed by atoms with van der Waals surface area (Å²) < 4.78 is 0. The van der Waals surface area contributed by atoms with Gasteiger partial charge in [0.15, 0.2) is 5.78 Å². The number of ketones is 1. The lowest BCUT2D eigenvalue weighted by Crippen LogP contribution is -2.53. The molecule has 1 aliphatic heterocycles. The van der Waals surface area contributed by atoms with Crippen molar-refractivity contribution < 1.29 is 14.4 Å². The lowest BCUT2D eigenvalue weighted by atomic mass is 9.93. The van der Waals surface area contributed by atoms with E-state index < -0.39 is 17.4 Å². The van der Waals surface area contributed by atoms with E-state index in [0.29, 0.717) is 0 Å². The predicted octanol–water partition coefficient (Wildman–Crippen LogP) is 0.579. The molecule has 0 aliphatic carbocycles. The van der Waals surface area contributed by atoms with Gasteiger partial charge in [0.1, 0.15) is 5.54 Å². The van der Waals surface area contributed by atoms with Gasteiger partial charge in [0.05, 0.1) is 6.42 Å². The second-order valence-electron chi connectivity index (χ2n) is 3.53. The SMILES string of the molecule is C=CCC1(CS)C(=O)CC(=O)N1C(C)=O. The predicted molar refractivity (Wildman–Crippen MR) is 58.5 cm³/mol. The molecule has 1 atom stereocenters. The highest BCUT2D eigenvalue weighted by atomic mass is 32.1. The van der Waals surface area contributed by atoms with E-state index in [1.165, 1.54) is 13.0 Å². The van der Waals surface area contributed by atoms with Crippen molar-refractivity contribution in [3.8, 4) is 0 Å². The molecule has 5 heteroatoms. The molecule has 1 rings (SSSR count). The van der Waals surface area contributed by atoms with Crippen LogP contribution in [0, 0.1) is 0 Å². The fourth-order valence-corrected chi connectivity index (χ4v) is 2.34. The molecule has 0 aromatic carbocycles. The van der Waals surface area contributed by atoms with Gasteiger partial charge in [0, 0.05) is 12.7 Å². The van der Waals surface area contributed by atoms with Crippen molar-refractivity contribution in [1.29, 1.82) is 0 Å². The maximum atomic E-state index is 11.7. The number of Topliss-reactive ketones (excluding diaryl/α,β-unsaturated/α-hetero) is 1. The molecule has 1 aliphatic rings. The molecule has 0 spiro atoms. The molecule has 2 amide bonds. The zero-order chi connectivity index (χ0) is 11.6. The number of hydrogen-bond acceptors (Lipinski definition) is 4. The lowest BCUT2D eigenvalue weighted by Gasteiger charge is -2.32. The van der Waals surface area contributed by atoms with Gasteiger partial charge in [-0.1, -0.05) is 6.08 Å². The molecule has 0 bridgehead atoms. The second-order valence-corrected chi connectivity index (χ2v) is 3.85. The van der Waals surface area contributed by atoms with Gasteiger partial charge in [-0.25, -0.2) is 0 Å². The van der Waals surface area contributed by atoms with Crippen molar-refractivity contribution in [2.24, 2.45) is 0 Å². The van der Waals surface area contributed by atoms with Crippen molar-refractivity contribution in [1.82, 2.24) is 4.90 Å². The van der Waals surface area contributed by atoms with Gasteiger partial charge in [-0.05, 0) is 6.42 Å². The first-order chi connectivity index (χ1) is 6.99. The minimum atomic E-state index is -1.10. The van der Waals surface area contributed by atoms with E-state index in [9.17, 15) is 14.4 Å². The summed E-state index contributed by atoms with van der Waals surface area (Å²) >= 11 is 4.07. The van der Waals surface area contributed by atoms with Crippen LogP contribution in [-0.2, 0) is 14.4 Å². The van der Waals surface area contributed by atoms with Gasteiger partial charge < -0.3 is 0 Å². The molecule has 1 fully saturated rings. The topological polar surface area (TPSA) is 54.5 Å². The van der Waals surface area contributed by atoms with E-state index in [0.717, 1.165) is 4.90 Å². The van der Waals surface area contributed by atoms with Crippen LogP contribution < -0.4 is 0 Å². The standard InChI is InChI=1S/C10H13NO3S/c1-3-4-10(6-15)8(13)5-9(14)11(10)7(2)12/h3,15H,1,4-6H2,2H3. The molecule has 0 saturated carbocycles. The van der Waals surface area contributed by atoms with Crippen molar-refractivity contribution in [3.05, 3.63) is 12.7 Å². The smallest absolute Gasteiger partial charge is 0.237 e. The summed E-state index contributed by atoms with van der Waals surface area (Å²) in [7, 11) is 0. The van der Waals surface area contributed by atoms with Crippen LogP contribution in [0.3, 0.4) is 0 Å². The molecule has 82 valence electrons. The minimum Gasteiger partial charge on any atom is -0.296 e. The van der Waals surface area contributed by atoms with E-state index in [1.54, 1.807) is 0 Å². The molecule has 1 unspecified atom stereocenters. The Bertz CT molecular complexity index is 340. The van der Waals surface area contributed by atoms with E-state index in [1.807, 2.05) is 0 Å². The molecule has 0 aromatic rings. The van der Waals surface area contributed by atoms with Crippen LogP contribution in [0.1, 0.15) is 19.8 Å². The average molecular weight is 227 g/mol. The first-order valence-electron chi connectivity index (χ1n) is 4.58. The van der Waals surface area contributed by atoms with Gasteiger partial charge in [-0.15, -0.1) is 6.58 Å². The Balaban J connectivity index is 3.19. The van der Waals surface area contributed by atoms with Crippen LogP contribution in [0.25, 0.3) is 0 Å². The lowest BCUT2D eigenvalue weighted by molar-refractivity contribution is -0.146. The minimum absolute atomic E-state index is 0.142.